The highest BCUT2D eigenvalue weighted by molar-refractivity contribution is 6.33. The second-order valence-electron chi connectivity index (χ2n) is 7.26. The Morgan fingerprint density at radius 1 is 1.32 bits per heavy atom. The van der Waals surface area contributed by atoms with Crippen molar-refractivity contribution in [2.45, 2.75) is 38.8 Å². The van der Waals surface area contributed by atoms with E-state index in [9.17, 15) is 4.39 Å². The highest BCUT2D eigenvalue weighted by Crippen LogP contribution is 2.31. The van der Waals surface area contributed by atoms with E-state index in [4.69, 9.17) is 11.6 Å². The zero-order valence-electron chi connectivity index (χ0n) is 16.5. The molecule has 0 bridgehead atoms. The van der Waals surface area contributed by atoms with Crippen LogP contribution in [0.15, 0.2) is 72.5 Å². The predicted molar refractivity (Wildman–Crippen MR) is 116 cm³/mol. The standard InChI is InChI=1S/C24H26ClFN2/c1-4-5-8-18-9-6-12-23(17(18)2)28(3)16-20-14-13-19(15-27-20)24-21(25)10-7-11-22(24)26/h4-5,7-8,10-11,13-15,23H,1,6,9,12,16H2,2-3H3/b8-5-. The maximum absolute atomic E-state index is 14.1. The smallest absolute Gasteiger partial charge is 0.132 e. The predicted octanol–water partition coefficient (Wildman–Crippen LogP) is 6.58. The van der Waals surface area contributed by atoms with Gasteiger partial charge in [0.05, 0.1) is 10.7 Å². The molecule has 1 aromatic carbocycles. The minimum atomic E-state index is -0.331. The van der Waals surface area contributed by atoms with Crippen LogP contribution in [0.4, 0.5) is 4.39 Å². The van der Waals surface area contributed by atoms with E-state index in [0.717, 1.165) is 25.1 Å². The first-order valence-electron chi connectivity index (χ1n) is 9.59. The van der Waals surface area contributed by atoms with Crippen molar-refractivity contribution in [2.24, 2.45) is 0 Å². The molecular formula is C24H26ClFN2. The molecule has 0 fully saturated rings. The fraction of sp³-hybridized carbons (Fsp3) is 0.292. The van der Waals surface area contributed by atoms with Crippen LogP contribution >= 0.6 is 11.6 Å². The summed E-state index contributed by atoms with van der Waals surface area (Å²) in [4.78, 5) is 6.90. The summed E-state index contributed by atoms with van der Waals surface area (Å²) in [5.41, 5.74) is 4.88. The van der Waals surface area contributed by atoms with Gasteiger partial charge in [-0.15, -0.1) is 0 Å². The molecule has 146 valence electrons. The molecule has 28 heavy (non-hydrogen) atoms. The van der Waals surface area contributed by atoms with E-state index in [1.807, 2.05) is 24.3 Å². The third-order valence-corrected chi connectivity index (χ3v) is 5.70. The van der Waals surface area contributed by atoms with E-state index in [2.05, 4.69) is 36.5 Å². The molecule has 1 unspecified atom stereocenters. The van der Waals surface area contributed by atoms with Crippen molar-refractivity contribution >= 4 is 11.6 Å². The Labute approximate surface area is 172 Å². The minimum absolute atomic E-state index is 0.331. The van der Waals surface area contributed by atoms with Gasteiger partial charge in [0.25, 0.3) is 0 Å². The van der Waals surface area contributed by atoms with Crippen molar-refractivity contribution in [3.63, 3.8) is 0 Å². The molecular weight excluding hydrogens is 371 g/mol. The van der Waals surface area contributed by atoms with Crippen LogP contribution in [0.25, 0.3) is 11.1 Å². The Hall–Kier alpha value is -2.23. The van der Waals surface area contributed by atoms with Gasteiger partial charge >= 0.3 is 0 Å². The van der Waals surface area contributed by atoms with Crippen molar-refractivity contribution < 1.29 is 4.39 Å². The van der Waals surface area contributed by atoms with Crippen LogP contribution in [-0.4, -0.2) is 23.0 Å². The van der Waals surface area contributed by atoms with Crippen LogP contribution in [0.2, 0.25) is 5.02 Å². The SMILES string of the molecule is C=C/C=C\C1=C(C)C(N(C)Cc2ccc(-c3c(F)cccc3Cl)cn2)CCC1. The van der Waals surface area contributed by atoms with Crippen LogP contribution in [0, 0.1) is 5.82 Å². The average Bonchev–Trinajstić information content (AvgIpc) is 2.68. The molecule has 2 aromatic rings. The van der Waals surface area contributed by atoms with Crippen LogP contribution in [0.3, 0.4) is 0 Å². The second-order valence-corrected chi connectivity index (χ2v) is 7.67. The molecule has 0 N–H and O–H groups in total. The zero-order chi connectivity index (χ0) is 20.1. The van der Waals surface area contributed by atoms with Gasteiger partial charge in [0.15, 0.2) is 0 Å². The Balaban J connectivity index is 1.75. The number of rotatable bonds is 6. The summed E-state index contributed by atoms with van der Waals surface area (Å²) >= 11 is 6.16. The van der Waals surface area contributed by atoms with Crippen molar-refractivity contribution in [3.05, 3.63) is 89.0 Å². The number of aromatic nitrogens is 1. The summed E-state index contributed by atoms with van der Waals surface area (Å²) in [7, 11) is 2.14. The molecule has 0 amide bonds. The number of hydrogen-bond donors (Lipinski definition) is 0. The number of halogens is 2. The number of pyridine rings is 1. The molecule has 1 aromatic heterocycles. The molecule has 0 saturated heterocycles. The van der Waals surface area contributed by atoms with E-state index in [1.54, 1.807) is 18.3 Å². The van der Waals surface area contributed by atoms with E-state index in [0.29, 0.717) is 22.2 Å². The summed E-state index contributed by atoms with van der Waals surface area (Å²) in [6.07, 6.45) is 11.2. The van der Waals surface area contributed by atoms with Crippen LogP contribution in [0.1, 0.15) is 31.9 Å². The average molecular weight is 397 g/mol. The molecule has 0 radical (unpaired) electrons. The lowest BCUT2D eigenvalue weighted by atomic mass is 9.87. The van der Waals surface area contributed by atoms with Crippen LogP contribution in [-0.2, 0) is 6.54 Å². The summed E-state index contributed by atoms with van der Waals surface area (Å²) in [5, 5.41) is 0.398. The van der Waals surface area contributed by atoms with E-state index < -0.39 is 0 Å². The van der Waals surface area contributed by atoms with Gasteiger partial charge in [0, 0.05) is 29.9 Å². The van der Waals surface area contributed by atoms with E-state index in [-0.39, 0.29) is 5.82 Å². The monoisotopic (exact) mass is 396 g/mol. The van der Waals surface area contributed by atoms with Crippen molar-refractivity contribution in [1.29, 1.82) is 0 Å². The Bertz CT molecular complexity index is 879. The van der Waals surface area contributed by atoms with Crippen molar-refractivity contribution in [2.75, 3.05) is 7.05 Å². The van der Waals surface area contributed by atoms with Crippen LogP contribution in [0.5, 0.6) is 0 Å². The normalized spacial score (nSPS) is 17.5. The van der Waals surface area contributed by atoms with Gasteiger partial charge in [-0.25, -0.2) is 4.39 Å². The van der Waals surface area contributed by atoms with Gasteiger partial charge in [-0.3, -0.25) is 9.88 Å². The summed E-state index contributed by atoms with van der Waals surface area (Å²) in [5.74, 6) is -0.331. The number of allylic oxidation sites excluding steroid dienone is 4. The molecule has 1 atom stereocenters. The summed E-state index contributed by atoms with van der Waals surface area (Å²) in [6, 6.07) is 8.96. The number of hydrogen-bond acceptors (Lipinski definition) is 2. The van der Waals surface area contributed by atoms with Crippen molar-refractivity contribution in [3.8, 4) is 11.1 Å². The maximum Gasteiger partial charge on any atom is 0.132 e. The molecule has 1 aliphatic carbocycles. The van der Waals surface area contributed by atoms with Gasteiger partial charge in [-0.1, -0.05) is 54.1 Å². The largest absolute Gasteiger partial charge is 0.294 e. The highest BCUT2D eigenvalue weighted by Gasteiger charge is 2.23. The first-order chi connectivity index (χ1) is 13.5. The summed E-state index contributed by atoms with van der Waals surface area (Å²) < 4.78 is 14.1. The fourth-order valence-electron chi connectivity index (χ4n) is 3.87. The third-order valence-electron chi connectivity index (χ3n) is 5.38. The Morgan fingerprint density at radius 2 is 2.14 bits per heavy atom. The molecule has 4 heteroatoms. The van der Waals surface area contributed by atoms with Crippen molar-refractivity contribution in [1.82, 2.24) is 9.88 Å². The first kappa shape index (κ1) is 20.5. The Morgan fingerprint density at radius 3 is 2.82 bits per heavy atom. The van der Waals surface area contributed by atoms with Crippen LogP contribution < -0.4 is 0 Å². The molecule has 3 rings (SSSR count). The van der Waals surface area contributed by atoms with Gasteiger partial charge in [-0.2, -0.15) is 0 Å². The van der Waals surface area contributed by atoms with Gasteiger partial charge in [-0.05, 0) is 57.0 Å². The lowest BCUT2D eigenvalue weighted by Gasteiger charge is -2.33. The summed E-state index contributed by atoms with van der Waals surface area (Å²) in [6.45, 7) is 6.72. The molecule has 0 aliphatic heterocycles. The Kier molecular flexibility index (Phi) is 6.82. The highest BCUT2D eigenvalue weighted by atomic mass is 35.5. The molecule has 0 spiro atoms. The molecule has 1 aliphatic rings. The number of benzene rings is 1. The van der Waals surface area contributed by atoms with Gasteiger partial charge < -0.3 is 0 Å². The molecule has 0 saturated carbocycles. The fourth-order valence-corrected chi connectivity index (χ4v) is 4.14. The lowest BCUT2D eigenvalue weighted by Crippen LogP contribution is -2.34. The quantitative estimate of drug-likeness (QED) is 0.512. The van der Waals surface area contributed by atoms with Gasteiger partial charge in [0.2, 0.25) is 0 Å². The third kappa shape index (κ3) is 4.60. The zero-order valence-corrected chi connectivity index (χ0v) is 17.2. The first-order valence-corrected chi connectivity index (χ1v) is 9.97. The topological polar surface area (TPSA) is 16.1 Å². The lowest BCUT2D eigenvalue weighted by molar-refractivity contribution is 0.238. The van der Waals surface area contributed by atoms with Gasteiger partial charge in [0.1, 0.15) is 5.82 Å². The second kappa shape index (κ2) is 9.31. The molecule has 1 heterocycles. The molecule has 2 nitrogen and oxygen atoms in total. The maximum atomic E-state index is 14.1. The minimum Gasteiger partial charge on any atom is -0.294 e. The number of nitrogens with zero attached hydrogens (tertiary/aromatic N) is 2. The van der Waals surface area contributed by atoms with E-state index >= 15 is 0 Å². The number of likely N-dealkylation sites (N-methyl/N-ethyl adjacent to an activating group) is 1. The van der Waals surface area contributed by atoms with E-state index in [1.165, 1.54) is 23.6 Å².